The van der Waals surface area contributed by atoms with Crippen molar-refractivity contribution in [3.8, 4) is 11.8 Å². The third kappa shape index (κ3) is 4.11. The van der Waals surface area contributed by atoms with Crippen LogP contribution in [0.1, 0.15) is 61.5 Å². The number of amides is 1. The van der Waals surface area contributed by atoms with Gasteiger partial charge in [0.2, 0.25) is 0 Å². The first-order chi connectivity index (χ1) is 14.8. The van der Waals surface area contributed by atoms with E-state index >= 15 is 0 Å². The Labute approximate surface area is 186 Å². The van der Waals surface area contributed by atoms with E-state index in [1.807, 2.05) is 24.3 Å². The summed E-state index contributed by atoms with van der Waals surface area (Å²) in [5, 5.41) is 24.6. The van der Waals surface area contributed by atoms with E-state index in [9.17, 15) is 15.2 Å². The second kappa shape index (κ2) is 8.24. The molecule has 0 saturated carbocycles. The molecule has 5 nitrogen and oxygen atoms in total. The standard InChI is InChI=1S/C25H27N3O2S/c1-25(2,3)17-9-7-16(8-10-17)23(30)27-24-19(15-26)18-11-12-20(29)21(22(18)31-24)28-13-5-4-6-14-28/h7-12,29H,4-6,13-14H2,1-3H3,(H,27,30). The SMILES string of the molecule is CC(C)(C)c1ccc(C(=O)Nc2sc3c(N4CCCCC4)c(O)ccc3c2C#N)cc1. The molecule has 0 atom stereocenters. The van der Waals surface area contributed by atoms with Gasteiger partial charge in [-0.15, -0.1) is 11.3 Å². The molecule has 1 aliphatic rings. The van der Waals surface area contributed by atoms with Gasteiger partial charge in [-0.05, 0) is 54.5 Å². The highest BCUT2D eigenvalue weighted by Gasteiger charge is 2.23. The quantitative estimate of drug-likeness (QED) is 0.530. The van der Waals surface area contributed by atoms with Crippen LogP contribution in [0.15, 0.2) is 36.4 Å². The van der Waals surface area contributed by atoms with Gasteiger partial charge in [0, 0.05) is 24.0 Å². The van der Waals surface area contributed by atoms with E-state index < -0.39 is 0 Å². The van der Waals surface area contributed by atoms with Crippen LogP contribution in [0.4, 0.5) is 10.7 Å². The lowest BCUT2D eigenvalue weighted by Gasteiger charge is -2.29. The normalized spacial score (nSPS) is 14.5. The van der Waals surface area contributed by atoms with E-state index in [1.165, 1.54) is 17.8 Å². The fourth-order valence-corrected chi connectivity index (χ4v) is 5.27. The second-order valence-corrected chi connectivity index (χ2v) is 10.1. The summed E-state index contributed by atoms with van der Waals surface area (Å²) in [5.74, 6) is -0.0250. The molecule has 3 aromatic rings. The van der Waals surface area contributed by atoms with Crippen LogP contribution in [0.3, 0.4) is 0 Å². The van der Waals surface area contributed by atoms with E-state index in [2.05, 4.69) is 37.1 Å². The number of carbonyl (C=O) groups is 1. The Morgan fingerprint density at radius 1 is 1.10 bits per heavy atom. The molecule has 160 valence electrons. The minimum atomic E-state index is -0.243. The third-order valence-corrected chi connectivity index (χ3v) is 6.96. The minimum Gasteiger partial charge on any atom is -0.506 e. The zero-order chi connectivity index (χ0) is 22.2. The number of rotatable bonds is 3. The van der Waals surface area contributed by atoms with Gasteiger partial charge in [-0.25, -0.2) is 0 Å². The molecule has 2 N–H and O–H groups in total. The number of benzene rings is 2. The highest BCUT2D eigenvalue weighted by Crippen LogP contribution is 2.45. The number of carbonyl (C=O) groups excluding carboxylic acids is 1. The smallest absolute Gasteiger partial charge is 0.256 e. The van der Waals surface area contributed by atoms with Crippen molar-refractivity contribution in [1.82, 2.24) is 0 Å². The monoisotopic (exact) mass is 433 g/mol. The maximum Gasteiger partial charge on any atom is 0.256 e. The lowest BCUT2D eigenvalue weighted by atomic mass is 9.87. The van der Waals surface area contributed by atoms with Crippen molar-refractivity contribution in [2.24, 2.45) is 0 Å². The summed E-state index contributed by atoms with van der Waals surface area (Å²) in [5.41, 5.74) is 2.94. The molecule has 2 heterocycles. The van der Waals surface area contributed by atoms with E-state index in [-0.39, 0.29) is 17.1 Å². The molecule has 1 aliphatic heterocycles. The van der Waals surface area contributed by atoms with Crippen molar-refractivity contribution < 1.29 is 9.90 Å². The molecule has 0 spiro atoms. The van der Waals surface area contributed by atoms with Crippen LogP contribution >= 0.6 is 11.3 Å². The highest BCUT2D eigenvalue weighted by atomic mass is 32.1. The number of aromatic hydroxyl groups is 1. The molecular formula is C25H27N3O2S. The van der Waals surface area contributed by atoms with Crippen molar-refractivity contribution in [3.05, 3.63) is 53.1 Å². The maximum absolute atomic E-state index is 12.9. The molecule has 1 aromatic heterocycles. The van der Waals surface area contributed by atoms with Crippen LogP contribution in [0, 0.1) is 11.3 Å². The van der Waals surface area contributed by atoms with Gasteiger partial charge in [-0.2, -0.15) is 5.26 Å². The third-order valence-electron chi connectivity index (χ3n) is 5.83. The minimum absolute atomic E-state index is 0.0152. The molecule has 1 saturated heterocycles. The van der Waals surface area contributed by atoms with Gasteiger partial charge in [0.05, 0.1) is 16.0 Å². The van der Waals surface area contributed by atoms with E-state index in [4.69, 9.17) is 0 Å². The number of phenolic OH excluding ortho intramolecular Hbond substituents is 1. The Morgan fingerprint density at radius 2 is 1.77 bits per heavy atom. The molecule has 0 radical (unpaired) electrons. The molecule has 31 heavy (non-hydrogen) atoms. The van der Waals surface area contributed by atoms with Gasteiger partial charge < -0.3 is 15.3 Å². The summed E-state index contributed by atoms with van der Waals surface area (Å²) in [4.78, 5) is 15.1. The van der Waals surface area contributed by atoms with Crippen molar-refractivity contribution >= 4 is 38.0 Å². The molecule has 1 fully saturated rings. The first-order valence-electron chi connectivity index (χ1n) is 10.6. The Hall–Kier alpha value is -3.04. The number of hydrogen-bond acceptors (Lipinski definition) is 5. The van der Waals surface area contributed by atoms with E-state index in [0.717, 1.165) is 47.3 Å². The Balaban J connectivity index is 1.69. The van der Waals surface area contributed by atoms with Crippen LogP contribution < -0.4 is 10.2 Å². The molecule has 1 amide bonds. The van der Waals surface area contributed by atoms with E-state index in [0.29, 0.717) is 16.1 Å². The Kier molecular flexibility index (Phi) is 5.63. The fraction of sp³-hybridized carbons (Fsp3) is 0.360. The largest absolute Gasteiger partial charge is 0.506 e. The molecule has 2 aromatic carbocycles. The number of phenols is 1. The molecule has 0 aliphatic carbocycles. The van der Waals surface area contributed by atoms with Crippen molar-refractivity contribution in [2.75, 3.05) is 23.3 Å². The average molecular weight is 434 g/mol. The topological polar surface area (TPSA) is 76.4 Å². The first kappa shape index (κ1) is 21.2. The zero-order valence-electron chi connectivity index (χ0n) is 18.2. The van der Waals surface area contributed by atoms with Gasteiger partial charge in [-0.3, -0.25) is 4.79 Å². The van der Waals surface area contributed by atoms with Crippen LogP contribution in [0.5, 0.6) is 5.75 Å². The molecular weight excluding hydrogens is 406 g/mol. The van der Waals surface area contributed by atoms with Crippen LogP contribution in [-0.4, -0.2) is 24.1 Å². The number of anilines is 2. The summed E-state index contributed by atoms with van der Waals surface area (Å²) in [7, 11) is 0. The van der Waals surface area contributed by atoms with Gasteiger partial charge in [0.15, 0.2) is 0 Å². The van der Waals surface area contributed by atoms with Crippen molar-refractivity contribution in [3.63, 3.8) is 0 Å². The number of fused-ring (bicyclic) bond motifs is 1. The van der Waals surface area contributed by atoms with Gasteiger partial charge in [0.1, 0.15) is 16.8 Å². The number of piperidine rings is 1. The summed E-state index contributed by atoms with van der Waals surface area (Å²) in [6.07, 6.45) is 3.36. The lowest BCUT2D eigenvalue weighted by Crippen LogP contribution is -2.29. The first-order valence-corrected chi connectivity index (χ1v) is 11.5. The second-order valence-electron chi connectivity index (χ2n) is 9.06. The van der Waals surface area contributed by atoms with Gasteiger partial charge in [-0.1, -0.05) is 32.9 Å². The number of nitriles is 1. The van der Waals surface area contributed by atoms with Gasteiger partial charge >= 0.3 is 0 Å². The average Bonchev–Trinajstić information content (AvgIpc) is 3.10. The Bertz CT molecular complexity index is 1160. The summed E-state index contributed by atoms with van der Waals surface area (Å²) in [6, 6.07) is 13.2. The predicted octanol–water partition coefficient (Wildman–Crippen LogP) is 6.02. The Morgan fingerprint density at radius 3 is 2.39 bits per heavy atom. The number of hydrogen-bond donors (Lipinski definition) is 2. The molecule has 0 bridgehead atoms. The number of nitrogens with zero attached hydrogens (tertiary/aromatic N) is 2. The van der Waals surface area contributed by atoms with Crippen molar-refractivity contribution in [2.45, 2.75) is 45.4 Å². The number of nitrogens with one attached hydrogen (secondary N) is 1. The summed E-state index contributed by atoms with van der Waals surface area (Å²) < 4.78 is 0.844. The van der Waals surface area contributed by atoms with Crippen LogP contribution in [0.25, 0.3) is 10.1 Å². The zero-order valence-corrected chi connectivity index (χ0v) is 19.0. The van der Waals surface area contributed by atoms with Crippen LogP contribution in [0.2, 0.25) is 0 Å². The molecule has 4 rings (SSSR count). The maximum atomic E-state index is 12.9. The highest BCUT2D eigenvalue weighted by molar-refractivity contribution is 7.24. The predicted molar refractivity (Wildman–Crippen MR) is 127 cm³/mol. The summed E-state index contributed by atoms with van der Waals surface area (Å²) >= 11 is 1.36. The number of thiophene rings is 1. The van der Waals surface area contributed by atoms with Gasteiger partial charge in [0.25, 0.3) is 5.91 Å². The van der Waals surface area contributed by atoms with E-state index in [1.54, 1.807) is 12.1 Å². The fourth-order valence-electron chi connectivity index (χ4n) is 4.06. The summed E-state index contributed by atoms with van der Waals surface area (Å²) in [6.45, 7) is 8.16. The molecule has 0 unspecified atom stereocenters. The lowest BCUT2D eigenvalue weighted by molar-refractivity contribution is 0.102. The van der Waals surface area contributed by atoms with Crippen molar-refractivity contribution in [1.29, 1.82) is 5.26 Å². The molecule has 6 heteroatoms. The van der Waals surface area contributed by atoms with Crippen LogP contribution in [-0.2, 0) is 5.41 Å².